The van der Waals surface area contributed by atoms with E-state index in [-0.39, 0.29) is 5.91 Å². The first kappa shape index (κ1) is 9.57. The zero-order valence-corrected chi connectivity index (χ0v) is 9.11. The molecule has 0 bridgehead atoms. The Kier molecular flexibility index (Phi) is 2.49. The highest BCUT2D eigenvalue weighted by Gasteiger charge is 2.11. The normalized spacial score (nSPS) is 13.0. The first-order valence-corrected chi connectivity index (χ1v) is 5.77. The molecule has 0 saturated carbocycles. The van der Waals surface area contributed by atoms with Crippen LogP contribution in [-0.2, 0) is 4.79 Å². The maximum absolute atomic E-state index is 11.2. The number of aromatic nitrogens is 1. The van der Waals surface area contributed by atoms with Crippen LogP contribution in [0.3, 0.4) is 0 Å². The lowest BCUT2D eigenvalue weighted by atomic mass is 10.3. The maximum Gasteiger partial charge on any atom is 0.242 e. The predicted octanol–water partition coefficient (Wildman–Crippen LogP) is 1.64. The van der Waals surface area contributed by atoms with Crippen molar-refractivity contribution in [3.8, 4) is 0 Å². The molecule has 0 aromatic carbocycles. The van der Waals surface area contributed by atoms with Gasteiger partial charge >= 0.3 is 0 Å². The smallest absolute Gasteiger partial charge is 0.242 e. The first-order valence-electron chi connectivity index (χ1n) is 4.07. The van der Waals surface area contributed by atoms with Crippen molar-refractivity contribution in [1.82, 2.24) is 4.98 Å². The molecular weight excluding hydrogens is 218 g/mol. The summed E-state index contributed by atoms with van der Waals surface area (Å²) >= 11 is 3.09. The van der Waals surface area contributed by atoms with Gasteiger partial charge in [0.25, 0.3) is 0 Å². The van der Waals surface area contributed by atoms with Crippen molar-refractivity contribution in [2.75, 3.05) is 5.32 Å². The van der Waals surface area contributed by atoms with E-state index in [9.17, 15) is 4.79 Å². The first-order chi connectivity index (χ1) is 6.66. The maximum atomic E-state index is 11.2. The standard InChI is InChI=1S/C8H9N3OS2/c1-4(9)6(12)11-8-10-5-2-3-13-7(5)14-8/h2-4H,9H2,1H3,(H,10,11,12)/t4-/m1/s1. The van der Waals surface area contributed by atoms with Crippen molar-refractivity contribution in [3.63, 3.8) is 0 Å². The van der Waals surface area contributed by atoms with E-state index >= 15 is 0 Å². The zero-order valence-electron chi connectivity index (χ0n) is 7.48. The van der Waals surface area contributed by atoms with Crippen molar-refractivity contribution in [1.29, 1.82) is 0 Å². The summed E-state index contributed by atoms with van der Waals surface area (Å²) in [5.74, 6) is -0.202. The van der Waals surface area contributed by atoms with Gasteiger partial charge < -0.3 is 11.1 Å². The van der Waals surface area contributed by atoms with Gasteiger partial charge in [-0.15, -0.1) is 11.3 Å². The Morgan fingerprint density at radius 1 is 1.71 bits per heavy atom. The monoisotopic (exact) mass is 227 g/mol. The molecule has 2 heterocycles. The Bertz CT molecular complexity index is 431. The molecule has 2 aromatic rings. The van der Waals surface area contributed by atoms with E-state index in [4.69, 9.17) is 5.73 Å². The number of nitrogens with two attached hydrogens (primary N) is 1. The van der Waals surface area contributed by atoms with Gasteiger partial charge in [0.2, 0.25) is 5.91 Å². The molecule has 4 nitrogen and oxygen atoms in total. The molecule has 0 aliphatic carbocycles. The van der Waals surface area contributed by atoms with Crippen LogP contribution in [0.4, 0.5) is 5.13 Å². The lowest BCUT2D eigenvalue weighted by Crippen LogP contribution is -2.32. The summed E-state index contributed by atoms with van der Waals surface area (Å²) in [5.41, 5.74) is 6.35. The number of hydrogen-bond acceptors (Lipinski definition) is 5. The number of nitrogens with one attached hydrogen (secondary N) is 1. The minimum atomic E-state index is -0.503. The highest BCUT2D eigenvalue weighted by molar-refractivity contribution is 7.39. The lowest BCUT2D eigenvalue weighted by Gasteiger charge is -2.02. The molecule has 0 saturated heterocycles. The van der Waals surface area contributed by atoms with Crippen molar-refractivity contribution in [2.24, 2.45) is 5.73 Å². The van der Waals surface area contributed by atoms with Crippen LogP contribution in [0.5, 0.6) is 0 Å². The second kappa shape index (κ2) is 3.64. The van der Waals surface area contributed by atoms with Crippen molar-refractivity contribution in [3.05, 3.63) is 11.4 Å². The number of nitrogens with zero attached hydrogens (tertiary/aromatic N) is 1. The molecule has 1 amide bonds. The van der Waals surface area contributed by atoms with Crippen LogP contribution in [0.15, 0.2) is 11.4 Å². The molecule has 1 atom stereocenters. The van der Waals surface area contributed by atoms with Crippen LogP contribution in [0.25, 0.3) is 9.53 Å². The summed E-state index contributed by atoms with van der Waals surface area (Å²) in [6.07, 6.45) is 0. The van der Waals surface area contributed by atoms with Crippen LogP contribution in [0.2, 0.25) is 0 Å². The van der Waals surface area contributed by atoms with Gasteiger partial charge in [-0.3, -0.25) is 4.79 Å². The molecule has 2 rings (SSSR count). The SMILES string of the molecule is C[C@@H](N)C(=O)Nc1nc2ccsc2s1. The third-order valence-electron chi connectivity index (χ3n) is 1.67. The summed E-state index contributed by atoms with van der Waals surface area (Å²) < 4.78 is 1.12. The predicted molar refractivity (Wildman–Crippen MR) is 59.8 cm³/mol. The van der Waals surface area contributed by atoms with Crippen LogP contribution in [-0.4, -0.2) is 16.9 Å². The Morgan fingerprint density at radius 2 is 2.50 bits per heavy atom. The lowest BCUT2D eigenvalue weighted by molar-refractivity contribution is -0.117. The molecule has 0 fully saturated rings. The Hall–Kier alpha value is -0.980. The van der Waals surface area contributed by atoms with Crippen LogP contribution < -0.4 is 11.1 Å². The summed E-state index contributed by atoms with van der Waals surface area (Å²) in [7, 11) is 0. The number of amides is 1. The number of thiazole rings is 1. The average Bonchev–Trinajstić information content (AvgIpc) is 2.63. The summed E-state index contributed by atoms with van der Waals surface area (Å²) in [4.78, 5) is 15.5. The van der Waals surface area contributed by atoms with Crippen molar-refractivity contribution < 1.29 is 4.79 Å². The highest BCUT2D eigenvalue weighted by atomic mass is 32.2. The molecule has 14 heavy (non-hydrogen) atoms. The summed E-state index contributed by atoms with van der Waals surface area (Å²) in [6, 6.07) is 1.43. The van der Waals surface area contributed by atoms with Gasteiger partial charge in [-0.25, -0.2) is 4.98 Å². The quantitative estimate of drug-likeness (QED) is 0.819. The number of carbonyl (C=O) groups excluding carboxylic acids is 1. The molecule has 0 radical (unpaired) electrons. The minimum absolute atomic E-state index is 0.202. The molecule has 0 aliphatic heterocycles. The van der Waals surface area contributed by atoms with Gasteiger partial charge in [0.1, 0.15) is 4.01 Å². The van der Waals surface area contributed by atoms with Gasteiger partial charge in [0.15, 0.2) is 5.13 Å². The molecule has 6 heteroatoms. The van der Waals surface area contributed by atoms with E-state index in [0.29, 0.717) is 5.13 Å². The van der Waals surface area contributed by atoms with E-state index in [2.05, 4.69) is 10.3 Å². The Labute approximate surface area is 88.8 Å². The van der Waals surface area contributed by atoms with Crippen LogP contribution >= 0.6 is 22.7 Å². The second-order valence-electron chi connectivity index (χ2n) is 2.89. The fourth-order valence-electron chi connectivity index (χ4n) is 0.941. The third kappa shape index (κ3) is 1.77. The molecule has 0 unspecified atom stereocenters. The van der Waals surface area contributed by atoms with E-state index < -0.39 is 6.04 Å². The molecule has 0 aliphatic rings. The zero-order chi connectivity index (χ0) is 10.1. The topological polar surface area (TPSA) is 68.0 Å². The van der Waals surface area contributed by atoms with Crippen LogP contribution in [0.1, 0.15) is 6.92 Å². The molecule has 3 N–H and O–H groups in total. The molecular formula is C8H9N3OS2. The summed E-state index contributed by atoms with van der Waals surface area (Å²) in [6.45, 7) is 1.64. The molecule has 0 spiro atoms. The van der Waals surface area contributed by atoms with Gasteiger partial charge in [-0.05, 0) is 18.4 Å². The number of carbonyl (C=O) groups is 1. The van der Waals surface area contributed by atoms with Crippen molar-refractivity contribution in [2.45, 2.75) is 13.0 Å². The fraction of sp³-hybridized carbons (Fsp3) is 0.250. The van der Waals surface area contributed by atoms with Gasteiger partial charge in [-0.1, -0.05) is 11.3 Å². The van der Waals surface area contributed by atoms with E-state index in [0.717, 1.165) is 9.53 Å². The largest absolute Gasteiger partial charge is 0.320 e. The van der Waals surface area contributed by atoms with E-state index in [1.807, 2.05) is 11.4 Å². The van der Waals surface area contributed by atoms with Gasteiger partial charge in [0, 0.05) is 0 Å². The van der Waals surface area contributed by atoms with Gasteiger partial charge in [-0.2, -0.15) is 0 Å². The minimum Gasteiger partial charge on any atom is -0.320 e. The number of rotatable bonds is 2. The second-order valence-corrected chi connectivity index (χ2v) is 5.06. The Balaban J connectivity index is 2.19. The van der Waals surface area contributed by atoms with E-state index in [1.54, 1.807) is 18.3 Å². The fourth-order valence-corrected chi connectivity index (χ4v) is 2.78. The van der Waals surface area contributed by atoms with Gasteiger partial charge in [0.05, 0.1) is 11.6 Å². The number of fused-ring (bicyclic) bond motifs is 1. The third-order valence-corrected chi connectivity index (χ3v) is 3.68. The van der Waals surface area contributed by atoms with E-state index in [1.165, 1.54) is 11.3 Å². The molecule has 74 valence electrons. The number of thiophene rings is 1. The summed E-state index contributed by atoms with van der Waals surface area (Å²) in [5, 5.41) is 5.26. The Morgan fingerprint density at radius 3 is 3.14 bits per heavy atom. The van der Waals surface area contributed by atoms with Crippen molar-refractivity contribution >= 4 is 43.2 Å². The molecule has 2 aromatic heterocycles. The van der Waals surface area contributed by atoms with Crippen LogP contribution in [0, 0.1) is 0 Å². The average molecular weight is 227 g/mol. The highest BCUT2D eigenvalue weighted by Crippen LogP contribution is 2.30. The number of anilines is 1. The number of hydrogen-bond donors (Lipinski definition) is 2.